The molecule has 0 bridgehead atoms. The summed E-state index contributed by atoms with van der Waals surface area (Å²) in [5, 5.41) is 12.1. The van der Waals surface area contributed by atoms with E-state index in [4.69, 9.17) is 5.73 Å². The molecule has 0 spiro atoms. The van der Waals surface area contributed by atoms with Crippen molar-refractivity contribution in [2.45, 2.75) is 26.9 Å². The number of carbonyl (C=O) groups is 1. The van der Waals surface area contributed by atoms with E-state index in [1.165, 1.54) is 16.9 Å². The highest BCUT2D eigenvalue weighted by Gasteiger charge is 2.19. The zero-order chi connectivity index (χ0) is 18.8. The van der Waals surface area contributed by atoms with Crippen molar-refractivity contribution in [3.05, 3.63) is 51.5 Å². The monoisotopic (exact) mass is 369 g/mol. The topological polar surface area (TPSA) is 84.1 Å². The lowest BCUT2D eigenvalue weighted by molar-refractivity contribution is 0.0956. The van der Waals surface area contributed by atoms with E-state index in [-0.39, 0.29) is 5.91 Å². The van der Waals surface area contributed by atoms with Gasteiger partial charge in [-0.25, -0.2) is 0 Å². The molecule has 2 aromatic heterocycles. The molecule has 3 rings (SSSR count). The second-order valence-electron chi connectivity index (χ2n) is 6.67. The van der Waals surface area contributed by atoms with E-state index < -0.39 is 0 Å². The van der Waals surface area contributed by atoms with E-state index in [1.54, 1.807) is 0 Å². The van der Waals surface area contributed by atoms with Gasteiger partial charge in [-0.2, -0.15) is 5.10 Å². The summed E-state index contributed by atoms with van der Waals surface area (Å²) >= 11 is 1.28. The molecule has 7 heteroatoms. The van der Waals surface area contributed by atoms with Crippen molar-refractivity contribution in [1.82, 2.24) is 20.4 Å². The number of benzene rings is 1. The van der Waals surface area contributed by atoms with Crippen LogP contribution in [-0.2, 0) is 13.1 Å². The van der Waals surface area contributed by atoms with Crippen LogP contribution in [0, 0.1) is 13.8 Å². The maximum atomic E-state index is 12.6. The van der Waals surface area contributed by atoms with Gasteiger partial charge in [0.1, 0.15) is 9.71 Å². The molecule has 1 amide bonds. The molecule has 0 atom stereocenters. The highest BCUT2D eigenvalue weighted by Crippen LogP contribution is 2.34. The lowest BCUT2D eigenvalue weighted by Crippen LogP contribution is -2.22. The van der Waals surface area contributed by atoms with Crippen molar-refractivity contribution >= 4 is 33.1 Å². The number of hydrogen-bond acceptors (Lipinski definition) is 6. The van der Waals surface area contributed by atoms with Crippen molar-refractivity contribution in [2.75, 3.05) is 19.8 Å². The number of carbonyl (C=O) groups excluding carboxylic acids is 1. The first-order valence-electron chi connectivity index (χ1n) is 8.39. The normalized spacial score (nSPS) is 11.3. The van der Waals surface area contributed by atoms with Crippen LogP contribution >= 0.6 is 11.3 Å². The number of hydrogen-bond donors (Lipinski definition) is 2. The number of anilines is 1. The van der Waals surface area contributed by atoms with E-state index in [9.17, 15) is 4.79 Å². The number of nitrogens with one attached hydrogen (secondary N) is 1. The summed E-state index contributed by atoms with van der Waals surface area (Å²) in [5.41, 5.74) is 10.8. The fraction of sp³-hybridized carbons (Fsp3) is 0.316. The Morgan fingerprint density at radius 2 is 1.81 bits per heavy atom. The molecule has 0 fully saturated rings. The van der Waals surface area contributed by atoms with Gasteiger partial charge in [-0.15, -0.1) is 16.4 Å². The fourth-order valence-electron chi connectivity index (χ4n) is 2.80. The number of nitrogens with two attached hydrogens (primary N) is 1. The first-order chi connectivity index (χ1) is 12.4. The molecule has 3 aromatic rings. The zero-order valence-corrected chi connectivity index (χ0v) is 16.3. The van der Waals surface area contributed by atoms with Crippen molar-refractivity contribution in [2.24, 2.45) is 0 Å². The average Bonchev–Trinajstić information content (AvgIpc) is 2.94. The Balaban J connectivity index is 1.73. The van der Waals surface area contributed by atoms with Gasteiger partial charge >= 0.3 is 0 Å². The summed E-state index contributed by atoms with van der Waals surface area (Å²) in [7, 11) is 4.08. The zero-order valence-electron chi connectivity index (χ0n) is 15.5. The second-order valence-corrected chi connectivity index (χ2v) is 7.67. The Morgan fingerprint density at radius 1 is 1.15 bits per heavy atom. The van der Waals surface area contributed by atoms with Gasteiger partial charge in [0, 0.05) is 18.5 Å². The van der Waals surface area contributed by atoms with Crippen molar-refractivity contribution in [3.63, 3.8) is 0 Å². The molecule has 0 aliphatic heterocycles. The first-order valence-corrected chi connectivity index (χ1v) is 9.21. The number of rotatable bonds is 5. The number of thiophene rings is 1. The smallest absolute Gasteiger partial charge is 0.263 e. The van der Waals surface area contributed by atoms with Crippen LogP contribution in [0.25, 0.3) is 10.2 Å². The third-order valence-electron chi connectivity index (χ3n) is 4.32. The second kappa shape index (κ2) is 7.39. The summed E-state index contributed by atoms with van der Waals surface area (Å²) in [6.45, 7) is 5.19. The standard InChI is InChI=1S/C19H23N5OS/c1-11-12(2)22-23-19-15(11)16(20)17(26-19)18(25)21-9-13-5-7-14(8-6-13)10-24(3)4/h5-8H,9-10,20H2,1-4H3,(H,21,25). The minimum atomic E-state index is -0.181. The lowest BCUT2D eigenvalue weighted by atomic mass is 10.1. The van der Waals surface area contributed by atoms with Gasteiger partial charge in [-0.1, -0.05) is 24.3 Å². The third kappa shape index (κ3) is 3.68. The highest BCUT2D eigenvalue weighted by molar-refractivity contribution is 7.21. The molecule has 3 N–H and O–H groups in total. The van der Waals surface area contributed by atoms with E-state index in [1.807, 2.05) is 40.1 Å². The van der Waals surface area contributed by atoms with Gasteiger partial charge in [-0.05, 0) is 44.6 Å². The van der Waals surface area contributed by atoms with Gasteiger partial charge < -0.3 is 16.0 Å². The SMILES string of the molecule is Cc1nnc2sc(C(=O)NCc3ccc(CN(C)C)cc3)c(N)c2c1C. The number of amides is 1. The molecule has 1 aromatic carbocycles. The first kappa shape index (κ1) is 18.3. The van der Waals surface area contributed by atoms with Gasteiger partial charge in [0.2, 0.25) is 0 Å². The molecular formula is C19H23N5OS. The van der Waals surface area contributed by atoms with E-state index in [2.05, 4.69) is 32.5 Å². The van der Waals surface area contributed by atoms with E-state index in [0.717, 1.165) is 28.8 Å². The maximum absolute atomic E-state index is 12.6. The van der Waals surface area contributed by atoms with Crippen LogP contribution in [0.1, 0.15) is 32.1 Å². The van der Waals surface area contributed by atoms with Crippen molar-refractivity contribution in [1.29, 1.82) is 0 Å². The van der Waals surface area contributed by atoms with Crippen LogP contribution in [0.3, 0.4) is 0 Å². The Kier molecular flexibility index (Phi) is 5.20. The highest BCUT2D eigenvalue weighted by atomic mass is 32.1. The predicted molar refractivity (Wildman–Crippen MR) is 106 cm³/mol. The van der Waals surface area contributed by atoms with Crippen LogP contribution < -0.4 is 11.1 Å². The Bertz CT molecular complexity index is 947. The summed E-state index contributed by atoms with van der Waals surface area (Å²) in [5.74, 6) is -0.181. The molecule has 0 saturated heterocycles. The van der Waals surface area contributed by atoms with Gasteiger partial charge in [0.25, 0.3) is 5.91 Å². The number of nitrogen functional groups attached to an aromatic ring is 1. The summed E-state index contributed by atoms with van der Waals surface area (Å²) < 4.78 is 0. The Labute approximate surface area is 157 Å². The molecule has 0 radical (unpaired) electrons. The van der Waals surface area contributed by atoms with Crippen LogP contribution in [0.4, 0.5) is 5.69 Å². The minimum absolute atomic E-state index is 0.181. The molecule has 136 valence electrons. The summed E-state index contributed by atoms with van der Waals surface area (Å²) in [4.78, 5) is 15.9. The molecule has 0 unspecified atom stereocenters. The Hall–Kier alpha value is -2.51. The predicted octanol–water partition coefficient (Wildman–Crippen LogP) is 2.88. The number of fused-ring (bicyclic) bond motifs is 1. The van der Waals surface area contributed by atoms with Gasteiger partial charge in [0.15, 0.2) is 0 Å². The van der Waals surface area contributed by atoms with Crippen LogP contribution in [0.15, 0.2) is 24.3 Å². The van der Waals surface area contributed by atoms with Gasteiger partial charge in [-0.3, -0.25) is 4.79 Å². The quantitative estimate of drug-likeness (QED) is 0.722. The van der Waals surface area contributed by atoms with Crippen LogP contribution in [0.2, 0.25) is 0 Å². The largest absolute Gasteiger partial charge is 0.397 e. The molecule has 0 aliphatic carbocycles. The van der Waals surface area contributed by atoms with E-state index >= 15 is 0 Å². The molecule has 6 nitrogen and oxygen atoms in total. The summed E-state index contributed by atoms with van der Waals surface area (Å²) in [6, 6.07) is 8.23. The van der Waals surface area contributed by atoms with Crippen molar-refractivity contribution in [3.8, 4) is 0 Å². The summed E-state index contributed by atoms with van der Waals surface area (Å²) in [6.07, 6.45) is 0. The van der Waals surface area contributed by atoms with Crippen LogP contribution in [0.5, 0.6) is 0 Å². The molecular weight excluding hydrogens is 346 g/mol. The van der Waals surface area contributed by atoms with Gasteiger partial charge in [0.05, 0.1) is 11.4 Å². The number of nitrogens with zero attached hydrogens (tertiary/aromatic N) is 3. The number of aryl methyl sites for hydroxylation is 2. The third-order valence-corrected chi connectivity index (χ3v) is 5.40. The average molecular weight is 369 g/mol. The fourth-order valence-corrected chi connectivity index (χ4v) is 3.82. The maximum Gasteiger partial charge on any atom is 0.263 e. The molecule has 0 aliphatic rings. The lowest BCUT2D eigenvalue weighted by Gasteiger charge is -2.10. The number of aromatic nitrogens is 2. The molecule has 2 heterocycles. The van der Waals surface area contributed by atoms with Crippen molar-refractivity contribution < 1.29 is 4.79 Å². The molecule has 0 saturated carbocycles. The molecule has 26 heavy (non-hydrogen) atoms. The minimum Gasteiger partial charge on any atom is -0.397 e. The Morgan fingerprint density at radius 3 is 2.46 bits per heavy atom. The van der Waals surface area contributed by atoms with E-state index in [0.29, 0.717) is 21.9 Å². The van der Waals surface area contributed by atoms with Crippen LogP contribution in [-0.4, -0.2) is 35.1 Å².